The number of benzene rings is 2. The molecule has 8 N–H and O–H groups in total. The molecule has 0 aliphatic heterocycles. The highest BCUT2D eigenvalue weighted by Gasteiger charge is 2.05. The maximum atomic E-state index is 9.76. The van der Waals surface area contributed by atoms with Crippen LogP contribution in [0.3, 0.4) is 0 Å². The van der Waals surface area contributed by atoms with Crippen molar-refractivity contribution in [3.05, 3.63) is 42.0 Å². The summed E-state index contributed by atoms with van der Waals surface area (Å²) in [6, 6.07) is 10.4. The first-order chi connectivity index (χ1) is 8.58. The predicted molar refractivity (Wildman–Crippen MR) is 75.1 cm³/mol. The maximum absolute atomic E-state index is 9.76. The number of hydrogen-bond acceptors (Lipinski definition) is 5. The molecule has 0 saturated heterocycles. The van der Waals surface area contributed by atoms with Gasteiger partial charge in [0.05, 0.1) is 11.4 Å². The van der Waals surface area contributed by atoms with Crippen LogP contribution in [-0.4, -0.2) is 5.11 Å². The van der Waals surface area contributed by atoms with Crippen LogP contribution in [0.4, 0.5) is 22.7 Å². The Morgan fingerprint density at radius 1 is 1.00 bits per heavy atom. The van der Waals surface area contributed by atoms with Gasteiger partial charge in [0.15, 0.2) is 5.75 Å². The van der Waals surface area contributed by atoms with Crippen molar-refractivity contribution in [1.29, 1.82) is 0 Å². The van der Waals surface area contributed by atoms with Gasteiger partial charge in [0.25, 0.3) is 0 Å². The molecular weight excluding hydrogens is 228 g/mol. The second-order valence-electron chi connectivity index (χ2n) is 4.06. The third-order valence-electron chi connectivity index (χ3n) is 2.70. The molecule has 0 aliphatic carbocycles. The molecule has 0 aliphatic rings. The van der Waals surface area contributed by atoms with Gasteiger partial charge in [-0.05, 0) is 35.9 Å². The number of nitrogen functional groups attached to an aromatic ring is 3. The molecule has 0 amide bonds. The molecule has 0 unspecified atom stereocenters. The van der Waals surface area contributed by atoms with E-state index in [1.165, 1.54) is 0 Å². The standard InChI is InChI=1S/C13H16N4O/c14-9-4-5-10(15)8(6-9)7-17-12-3-1-2-11(16)13(12)18/h1-6,17-18H,7,14-16H2. The smallest absolute Gasteiger partial charge is 0.161 e. The molecule has 18 heavy (non-hydrogen) atoms. The van der Waals surface area contributed by atoms with Crippen LogP contribution in [0, 0.1) is 0 Å². The highest BCUT2D eigenvalue weighted by atomic mass is 16.3. The Morgan fingerprint density at radius 2 is 1.78 bits per heavy atom. The van der Waals surface area contributed by atoms with Gasteiger partial charge in [-0.25, -0.2) is 0 Å². The fourth-order valence-corrected chi connectivity index (χ4v) is 1.67. The van der Waals surface area contributed by atoms with Gasteiger partial charge in [-0.2, -0.15) is 0 Å². The molecular formula is C13H16N4O. The van der Waals surface area contributed by atoms with Crippen LogP contribution < -0.4 is 22.5 Å². The zero-order valence-electron chi connectivity index (χ0n) is 9.85. The van der Waals surface area contributed by atoms with Crippen molar-refractivity contribution in [3.63, 3.8) is 0 Å². The van der Waals surface area contributed by atoms with Gasteiger partial charge in [-0.1, -0.05) is 6.07 Å². The first kappa shape index (κ1) is 11.9. The Labute approximate surface area is 105 Å². The lowest BCUT2D eigenvalue weighted by molar-refractivity contribution is 0.480. The van der Waals surface area contributed by atoms with E-state index in [2.05, 4.69) is 5.32 Å². The number of hydrogen-bond donors (Lipinski definition) is 5. The SMILES string of the molecule is Nc1ccc(N)c(CNc2cccc(N)c2O)c1. The Balaban J connectivity index is 2.16. The lowest BCUT2D eigenvalue weighted by atomic mass is 10.1. The molecule has 0 fully saturated rings. The van der Waals surface area contributed by atoms with Crippen LogP contribution in [0.25, 0.3) is 0 Å². The Bertz CT molecular complexity index is 567. The molecule has 5 heteroatoms. The zero-order chi connectivity index (χ0) is 13.1. The first-order valence-corrected chi connectivity index (χ1v) is 5.53. The van der Waals surface area contributed by atoms with Crippen LogP contribution in [-0.2, 0) is 6.54 Å². The minimum atomic E-state index is 0.0416. The van der Waals surface area contributed by atoms with Gasteiger partial charge >= 0.3 is 0 Å². The lowest BCUT2D eigenvalue weighted by Gasteiger charge is -2.11. The summed E-state index contributed by atoms with van der Waals surface area (Å²) >= 11 is 0. The fourth-order valence-electron chi connectivity index (χ4n) is 1.67. The average Bonchev–Trinajstić information content (AvgIpc) is 2.35. The molecule has 0 spiro atoms. The van der Waals surface area contributed by atoms with Crippen molar-refractivity contribution in [2.75, 3.05) is 22.5 Å². The summed E-state index contributed by atoms with van der Waals surface area (Å²) in [6.45, 7) is 0.466. The minimum absolute atomic E-state index is 0.0416. The summed E-state index contributed by atoms with van der Waals surface area (Å²) in [5.74, 6) is 0.0416. The largest absolute Gasteiger partial charge is 0.504 e. The highest BCUT2D eigenvalue weighted by Crippen LogP contribution is 2.30. The molecule has 2 aromatic carbocycles. The number of aromatic hydroxyl groups is 1. The Kier molecular flexibility index (Phi) is 3.14. The van der Waals surface area contributed by atoms with Crippen LogP contribution in [0.15, 0.2) is 36.4 Å². The van der Waals surface area contributed by atoms with Crippen molar-refractivity contribution in [1.82, 2.24) is 0 Å². The van der Waals surface area contributed by atoms with Crippen molar-refractivity contribution < 1.29 is 5.11 Å². The lowest BCUT2D eigenvalue weighted by Crippen LogP contribution is -2.04. The van der Waals surface area contributed by atoms with Crippen LogP contribution in [0.1, 0.15) is 5.56 Å². The monoisotopic (exact) mass is 244 g/mol. The molecule has 0 heterocycles. The van der Waals surface area contributed by atoms with Gasteiger partial charge < -0.3 is 27.6 Å². The quantitative estimate of drug-likeness (QED) is 0.417. The van der Waals surface area contributed by atoms with E-state index < -0.39 is 0 Å². The predicted octanol–water partition coefficient (Wildman–Crippen LogP) is 1.75. The van der Waals surface area contributed by atoms with Crippen LogP contribution in [0.5, 0.6) is 5.75 Å². The number of nitrogens with one attached hydrogen (secondary N) is 1. The van der Waals surface area contributed by atoms with Crippen molar-refractivity contribution in [3.8, 4) is 5.75 Å². The maximum Gasteiger partial charge on any atom is 0.161 e. The van der Waals surface area contributed by atoms with E-state index in [-0.39, 0.29) is 5.75 Å². The summed E-state index contributed by atoms with van der Waals surface area (Å²) in [5.41, 5.74) is 20.2. The molecule has 2 aromatic rings. The topological polar surface area (TPSA) is 110 Å². The van der Waals surface area contributed by atoms with E-state index >= 15 is 0 Å². The number of nitrogens with two attached hydrogens (primary N) is 3. The molecule has 0 radical (unpaired) electrons. The van der Waals surface area contributed by atoms with Gasteiger partial charge in [-0.15, -0.1) is 0 Å². The van der Waals surface area contributed by atoms with E-state index in [4.69, 9.17) is 17.2 Å². The normalized spacial score (nSPS) is 10.2. The number of phenolic OH excluding ortho intramolecular Hbond substituents is 1. The van der Waals surface area contributed by atoms with Crippen LogP contribution >= 0.6 is 0 Å². The zero-order valence-corrected chi connectivity index (χ0v) is 9.85. The fraction of sp³-hybridized carbons (Fsp3) is 0.0769. The summed E-state index contributed by atoms with van der Waals surface area (Å²) in [4.78, 5) is 0. The van der Waals surface area contributed by atoms with Crippen LogP contribution in [0.2, 0.25) is 0 Å². The van der Waals surface area contributed by atoms with Crippen molar-refractivity contribution in [2.24, 2.45) is 0 Å². The molecule has 94 valence electrons. The Morgan fingerprint density at radius 3 is 2.56 bits per heavy atom. The average molecular weight is 244 g/mol. The molecule has 0 atom stereocenters. The van der Waals surface area contributed by atoms with Gasteiger partial charge in [0.1, 0.15) is 0 Å². The highest BCUT2D eigenvalue weighted by molar-refractivity contribution is 5.68. The van der Waals surface area contributed by atoms with Gasteiger partial charge in [0.2, 0.25) is 0 Å². The number of anilines is 4. The van der Waals surface area contributed by atoms with E-state index in [0.717, 1.165) is 5.56 Å². The molecule has 5 nitrogen and oxygen atoms in total. The second kappa shape index (κ2) is 4.75. The third-order valence-corrected chi connectivity index (χ3v) is 2.70. The third kappa shape index (κ3) is 2.40. The van der Waals surface area contributed by atoms with Crippen molar-refractivity contribution >= 4 is 22.7 Å². The van der Waals surface area contributed by atoms with Gasteiger partial charge in [-0.3, -0.25) is 0 Å². The first-order valence-electron chi connectivity index (χ1n) is 5.53. The molecule has 0 saturated carbocycles. The summed E-state index contributed by atoms with van der Waals surface area (Å²) in [6.07, 6.45) is 0. The van der Waals surface area contributed by atoms with E-state index in [1.54, 1.807) is 36.4 Å². The van der Waals surface area contributed by atoms with E-state index in [1.807, 2.05) is 0 Å². The van der Waals surface area contributed by atoms with Gasteiger partial charge in [0, 0.05) is 17.9 Å². The molecule has 0 bridgehead atoms. The van der Waals surface area contributed by atoms with E-state index in [9.17, 15) is 5.11 Å². The number of phenols is 1. The van der Waals surface area contributed by atoms with E-state index in [0.29, 0.717) is 29.3 Å². The summed E-state index contributed by atoms with van der Waals surface area (Å²) < 4.78 is 0. The summed E-state index contributed by atoms with van der Waals surface area (Å²) in [7, 11) is 0. The molecule has 2 rings (SSSR count). The number of rotatable bonds is 3. The molecule has 0 aromatic heterocycles. The Hall–Kier alpha value is -2.56. The van der Waals surface area contributed by atoms with Crippen molar-refractivity contribution in [2.45, 2.75) is 6.54 Å². The minimum Gasteiger partial charge on any atom is -0.504 e. The number of para-hydroxylation sites is 1. The summed E-state index contributed by atoms with van der Waals surface area (Å²) in [5, 5.41) is 12.8. The second-order valence-corrected chi connectivity index (χ2v) is 4.06.